The minimum absolute atomic E-state index is 0.00926. The molecule has 0 heterocycles. The van der Waals surface area contributed by atoms with Gasteiger partial charge in [-0.3, -0.25) is 9.59 Å². The molecule has 0 bridgehead atoms. The van der Waals surface area contributed by atoms with E-state index in [1.807, 2.05) is 39.8 Å². The van der Waals surface area contributed by atoms with E-state index in [1.165, 1.54) is 5.56 Å². The van der Waals surface area contributed by atoms with Gasteiger partial charge in [-0.25, -0.2) is 0 Å². The van der Waals surface area contributed by atoms with Gasteiger partial charge in [0.2, 0.25) is 11.8 Å². The topological polar surface area (TPSA) is 58.2 Å². The summed E-state index contributed by atoms with van der Waals surface area (Å²) in [6.45, 7) is 8.06. The van der Waals surface area contributed by atoms with Crippen LogP contribution in [0, 0.1) is 32.6 Å². The first-order chi connectivity index (χ1) is 9.38. The van der Waals surface area contributed by atoms with Crippen molar-refractivity contribution in [3.63, 3.8) is 0 Å². The molecule has 4 heteroatoms. The molecule has 1 aromatic carbocycles. The Labute approximate surface area is 119 Å². The van der Waals surface area contributed by atoms with Gasteiger partial charge in [0.25, 0.3) is 0 Å². The number of rotatable bonds is 4. The molecule has 1 aliphatic carbocycles. The summed E-state index contributed by atoms with van der Waals surface area (Å²) in [5.41, 5.74) is 4.10. The van der Waals surface area contributed by atoms with Gasteiger partial charge < -0.3 is 10.6 Å². The first-order valence-electron chi connectivity index (χ1n) is 7.04. The Balaban J connectivity index is 1.90. The third kappa shape index (κ3) is 3.38. The highest BCUT2D eigenvalue weighted by Gasteiger charge is 2.38. The van der Waals surface area contributed by atoms with Crippen LogP contribution in [0.2, 0.25) is 0 Å². The molecule has 2 atom stereocenters. The Morgan fingerprint density at radius 2 is 1.75 bits per heavy atom. The van der Waals surface area contributed by atoms with Crippen LogP contribution in [0.5, 0.6) is 0 Å². The van der Waals surface area contributed by atoms with Crippen molar-refractivity contribution in [2.75, 3.05) is 11.9 Å². The predicted molar refractivity (Wildman–Crippen MR) is 79.6 cm³/mol. The maximum absolute atomic E-state index is 11.9. The molecule has 0 radical (unpaired) electrons. The largest absolute Gasteiger partial charge is 0.347 e. The summed E-state index contributed by atoms with van der Waals surface area (Å²) in [6, 6.07) is 4.07. The van der Waals surface area contributed by atoms with Crippen LogP contribution < -0.4 is 10.6 Å². The number of hydrogen-bond donors (Lipinski definition) is 2. The minimum Gasteiger partial charge on any atom is -0.347 e. The third-order valence-electron chi connectivity index (χ3n) is 3.81. The van der Waals surface area contributed by atoms with E-state index >= 15 is 0 Å². The normalized spacial score (nSPS) is 20.4. The molecule has 0 unspecified atom stereocenters. The molecule has 0 saturated heterocycles. The van der Waals surface area contributed by atoms with Crippen LogP contribution in [-0.2, 0) is 9.59 Å². The summed E-state index contributed by atoms with van der Waals surface area (Å²) in [4.78, 5) is 23.6. The van der Waals surface area contributed by atoms with Crippen molar-refractivity contribution >= 4 is 17.5 Å². The molecule has 0 spiro atoms. The van der Waals surface area contributed by atoms with Crippen molar-refractivity contribution in [3.8, 4) is 0 Å². The molecule has 1 aliphatic rings. The molecule has 108 valence electrons. The van der Waals surface area contributed by atoms with E-state index in [4.69, 9.17) is 0 Å². The maximum atomic E-state index is 11.9. The summed E-state index contributed by atoms with van der Waals surface area (Å²) < 4.78 is 0. The van der Waals surface area contributed by atoms with Crippen molar-refractivity contribution in [2.24, 2.45) is 11.8 Å². The van der Waals surface area contributed by atoms with Gasteiger partial charge >= 0.3 is 0 Å². The third-order valence-corrected chi connectivity index (χ3v) is 3.81. The molecule has 1 fully saturated rings. The number of anilines is 1. The number of hydrogen-bond acceptors (Lipinski definition) is 2. The fourth-order valence-electron chi connectivity index (χ4n) is 2.55. The van der Waals surface area contributed by atoms with Crippen LogP contribution >= 0.6 is 0 Å². The molecule has 2 N–H and O–H groups in total. The van der Waals surface area contributed by atoms with E-state index in [2.05, 4.69) is 10.6 Å². The monoisotopic (exact) mass is 274 g/mol. The lowest BCUT2D eigenvalue weighted by Crippen LogP contribution is -2.34. The number of benzene rings is 1. The molecule has 2 rings (SSSR count). The predicted octanol–water partition coefficient (Wildman–Crippen LogP) is 2.32. The van der Waals surface area contributed by atoms with E-state index in [0.29, 0.717) is 5.92 Å². The van der Waals surface area contributed by atoms with Gasteiger partial charge in [0.05, 0.1) is 6.54 Å². The van der Waals surface area contributed by atoms with Crippen LogP contribution in [-0.4, -0.2) is 18.4 Å². The molecule has 20 heavy (non-hydrogen) atoms. The highest BCUT2D eigenvalue weighted by atomic mass is 16.2. The van der Waals surface area contributed by atoms with E-state index < -0.39 is 0 Å². The second-order valence-corrected chi connectivity index (χ2v) is 5.86. The van der Waals surface area contributed by atoms with Gasteiger partial charge in [-0.2, -0.15) is 0 Å². The molecule has 4 nitrogen and oxygen atoms in total. The lowest BCUT2D eigenvalue weighted by Gasteiger charge is -2.13. The molecule has 0 aliphatic heterocycles. The van der Waals surface area contributed by atoms with E-state index in [-0.39, 0.29) is 24.3 Å². The molecule has 0 aromatic heterocycles. The molecular formula is C16H22N2O2. The molecule has 1 saturated carbocycles. The number of carbonyl (C=O) groups is 2. The van der Waals surface area contributed by atoms with Crippen LogP contribution in [0.1, 0.15) is 30.0 Å². The van der Waals surface area contributed by atoms with Crippen LogP contribution in [0.4, 0.5) is 5.69 Å². The molecular weight excluding hydrogens is 252 g/mol. The van der Waals surface area contributed by atoms with Gasteiger partial charge in [0, 0.05) is 11.6 Å². The lowest BCUT2D eigenvalue weighted by atomic mass is 10.1. The minimum atomic E-state index is -0.179. The van der Waals surface area contributed by atoms with E-state index in [9.17, 15) is 9.59 Å². The first-order valence-corrected chi connectivity index (χ1v) is 7.04. The summed E-state index contributed by atoms with van der Waals surface area (Å²) >= 11 is 0. The van der Waals surface area contributed by atoms with Gasteiger partial charge in [-0.15, -0.1) is 0 Å². The van der Waals surface area contributed by atoms with Crippen LogP contribution in [0.15, 0.2) is 12.1 Å². The van der Waals surface area contributed by atoms with Crippen LogP contribution in [0.25, 0.3) is 0 Å². The number of amides is 2. The fourth-order valence-corrected chi connectivity index (χ4v) is 2.55. The number of aryl methyl sites for hydroxylation is 3. The Morgan fingerprint density at radius 1 is 1.20 bits per heavy atom. The summed E-state index contributed by atoms with van der Waals surface area (Å²) in [6.07, 6.45) is 0.934. The first kappa shape index (κ1) is 14.6. The SMILES string of the molecule is Cc1cc(C)c(NC(=O)CNC(=O)[C@@H]2C[C@H]2C)c(C)c1. The Hall–Kier alpha value is -1.84. The average molecular weight is 274 g/mol. The highest BCUT2D eigenvalue weighted by Crippen LogP contribution is 2.37. The lowest BCUT2D eigenvalue weighted by molar-refractivity contribution is -0.125. The fraction of sp³-hybridized carbons (Fsp3) is 0.500. The maximum Gasteiger partial charge on any atom is 0.243 e. The summed E-state index contributed by atoms with van der Waals surface area (Å²) in [7, 11) is 0. The van der Waals surface area contributed by atoms with Gasteiger partial charge in [-0.05, 0) is 44.2 Å². The molecule has 1 aromatic rings. The zero-order valence-electron chi connectivity index (χ0n) is 12.5. The Kier molecular flexibility index (Phi) is 4.12. The second-order valence-electron chi connectivity index (χ2n) is 5.86. The zero-order chi connectivity index (χ0) is 14.9. The average Bonchev–Trinajstić information content (AvgIpc) is 3.08. The zero-order valence-corrected chi connectivity index (χ0v) is 12.5. The van der Waals surface area contributed by atoms with Crippen molar-refractivity contribution in [2.45, 2.75) is 34.1 Å². The van der Waals surface area contributed by atoms with Crippen molar-refractivity contribution in [1.29, 1.82) is 0 Å². The van der Waals surface area contributed by atoms with Crippen molar-refractivity contribution in [3.05, 3.63) is 28.8 Å². The Morgan fingerprint density at radius 3 is 2.25 bits per heavy atom. The summed E-state index contributed by atoms with van der Waals surface area (Å²) in [5.74, 6) is 0.372. The number of carbonyl (C=O) groups excluding carboxylic acids is 2. The molecule has 2 amide bonds. The summed E-state index contributed by atoms with van der Waals surface area (Å²) in [5, 5.41) is 5.57. The van der Waals surface area contributed by atoms with Crippen molar-refractivity contribution < 1.29 is 9.59 Å². The smallest absolute Gasteiger partial charge is 0.243 e. The quantitative estimate of drug-likeness (QED) is 0.885. The van der Waals surface area contributed by atoms with Gasteiger partial charge in [0.15, 0.2) is 0 Å². The van der Waals surface area contributed by atoms with Crippen molar-refractivity contribution in [1.82, 2.24) is 5.32 Å². The standard InChI is InChI=1S/C16H22N2O2/c1-9-5-11(3)15(12(4)6-9)18-14(19)8-17-16(20)13-7-10(13)2/h5-6,10,13H,7-8H2,1-4H3,(H,17,20)(H,18,19)/t10-,13-/m1/s1. The second kappa shape index (κ2) is 5.65. The Bertz CT molecular complexity index is 528. The van der Waals surface area contributed by atoms with Gasteiger partial charge in [0.1, 0.15) is 0 Å². The van der Waals surface area contributed by atoms with E-state index in [0.717, 1.165) is 23.2 Å². The number of nitrogens with one attached hydrogen (secondary N) is 2. The van der Waals surface area contributed by atoms with Gasteiger partial charge in [-0.1, -0.05) is 24.6 Å². The highest BCUT2D eigenvalue weighted by molar-refractivity contribution is 5.96. The van der Waals surface area contributed by atoms with Crippen LogP contribution in [0.3, 0.4) is 0 Å². The van der Waals surface area contributed by atoms with E-state index in [1.54, 1.807) is 0 Å².